The zero-order valence-electron chi connectivity index (χ0n) is 8.03. The van der Waals surface area contributed by atoms with Crippen molar-refractivity contribution >= 4 is 9.84 Å². The van der Waals surface area contributed by atoms with Crippen LogP contribution in [0.3, 0.4) is 0 Å². The second-order valence-electron chi connectivity index (χ2n) is 3.71. The summed E-state index contributed by atoms with van der Waals surface area (Å²) in [4.78, 5) is 0.457. The number of aryl methyl sites for hydroxylation is 1. The number of hydrogen-bond donors (Lipinski definition) is 1. The summed E-state index contributed by atoms with van der Waals surface area (Å²) in [6.07, 6.45) is 0.527. The van der Waals surface area contributed by atoms with Crippen molar-refractivity contribution in [3.8, 4) is 0 Å². The Morgan fingerprint density at radius 2 is 2.14 bits per heavy atom. The molecule has 1 aliphatic rings. The smallest absolute Gasteiger partial charge is 0.179 e. The SMILES string of the molecule is Cc1cccc2c1S(=O)(=O)CCC2N. The van der Waals surface area contributed by atoms with Gasteiger partial charge in [-0.1, -0.05) is 18.2 Å². The van der Waals surface area contributed by atoms with E-state index in [1.807, 2.05) is 25.1 Å². The van der Waals surface area contributed by atoms with Gasteiger partial charge < -0.3 is 5.73 Å². The van der Waals surface area contributed by atoms with E-state index in [0.29, 0.717) is 11.3 Å². The molecule has 0 bridgehead atoms. The van der Waals surface area contributed by atoms with Crippen molar-refractivity contribution in [2.24, 2.45) is 5.73 Å². The van der Waals surface area contributed by atoms with E-state index in [1.165, 1.54) is 0 Å². The fraction of sp³-hybridized carbons (Fsp3) is 0.400. The maximum absolute atomic E-state index is 11.8. The van der Waals surface area contributed by atoms with E-state index in [2.05, 4.69) is 0 Å². The van der Waals surface area contributed by atoms with Crippen molar-refractivity contribution in [3.63, 3.8) is 0 Å². The molecule has 4 heteroatoms. The fourth-order valence-corrected chi connectivity index (χ4v) is 3.84. The van der Waals surface area contributed by atoms with Gasteiger partial charge in [-0.25, -0.2) is 8.42 Å². The molecule has 1 heterocycles. The van der Waals surface area contributed by atoms with Gasteiger partial charge in [0.1, 0.15) is 0 Å². The molecule has 1 aromatic rings. The molecule has 3 nitrogen and oxygen atoms in total. The Morgan fingerprint density at radius 3 is 2.79 bits per heavy atom. The first-order valence-corrected chi connectivity index (χ1v) is 6.25. The van der Waals surface area contributed by atoms with Crippen molar-refractivity contribution in [1.29, 1.82) is 0 Å². The average molecular weight is 211 g/mol. The van der Waals surface area contributed by atoms with E-state index in [1.54, 1.807) is 0 Å². The van der Waals surface area contributed by atoms with E-state index >= 15 is 0 Å². The average Bonchev–Trinajstić information content (AvgIpc) is 2.12. The predicted molar refractivity (Wildman–Crippen MR) is 54.8 cm³/mol. The highest BCUT2D eigenvalue weighted by Gasteiger charge is 2.29. The van der Waals surface area contributed by atoms with Gasteiger partial charge in [0, 0.05) is 6.04 Å². The lowest BCUT2D eigenvalue weighted by Crippen LogP contribution is -2.25. The Bertz CT molecular complexity index is 465. The van der Waals surface area contributed by atoms with Crippen LogP contribution in [0.2, 0.25) is 0 Å². The second kappa shape index (κ2) is 3.07. The molecule has 0 aliphatic carbocycles. The third-order valence-electron chi connectivity index (χ3n) is 2.65. The molecule has 0 amide bonds. The van der Waals surface area contributed by atoms with Gasteiger partial charge >= 0.3 is 0 Å². The predicted octanol–water partition coefficient (Wildman–Crippen LogP) is 1.17. The molecule has 14 heavy (non-hydrogen) atoms. The minimum Gasteiger partial charge on any atom is -0.324 e. The van der Waals surface area contributed by atoms with Crippen LogP contribution in [0.5, 0.6) is 0 Å². The summed E-state index contributed by atoms with van der Waals surface area (Å²) in [5.74, 6) is 0.173. The minimum absolute atomic E-state index is 0.131. The zero-order valence-corrected chi connectivity index (χ0v) is 8.84. The van der Waals surface area contributed by atoms with Crippen molar-refractivity contribution in [3.05, 3.63) is 29.3 Å². The third kappa shape index (κ3) is 1.35. The number of nitrogens with two attached hydrogens (primary N) is 1. The normalized spacial score (nSPS) is 24.3. The van der Waals surface area contributed by atoms with Crippen molar-refractivity contribution < 1.29 is 8.42 Å². The highest BCUT2D eigenvalue weighted by atomic mass is 32.2. The summed E-state index contributed by atoms with van der Waals surface area (Å²) in [6, 6.07) is 5.35. The highest BCUT2D eigenvalue weighted by Crippen LogP contribution is 2.32. The zero-order chi connectivity index (χ0) is 10.3. The van der Waals surface area contributed by atoms with Crippen LogP contribution in [-0.2, 0) is 9.84 Å². The van der Waals surface area contributed by atoms with Crippen LogP contribution in [0.4, 0.5) is 0 Å². The highest BCUT2D eigenvalue weighted by molar-refractivity contribution is 7.91. The number of sulfone groups is 1. The van der Waals surface area contributed by atoms with E-state index in [4.69, 9.17) is 5.73 Å². The Morgan fingerprint density at radius 1 is 1.43 bits per heavy atom. The summed E-state index contributed by atoms with van der Waals surface area (Å²) in [6.45, 7) is 1.81. The molecule has 1 unspecified atom stereocenters. The minimum atomic E-state index is -3.09. The van der Waals surface area contributed by atoms with Gasteiger partial charge in [-0.05, 0) is 24.5 Å². The quantitative estimate of drug-likeness (QED) is 0.700. The first-order chi connectivity index (χ1) is 6.52. The third-order valence-corrected chi connectivity index (χ3v) is 4.60. The standard InChI is InChI=1S/C10H13NO2S/c1-7-3-2-4-8-9(11)5-6-14(12,13)10(7)8/h2-4,9H,5-6,11H2,1H3. The maximum Gasteiger partial charge on any atom is 0.179 e. The molecule has 2 rings (SSSR count). The monoisotopic (exact) mass is 211 g/mol. The van der Waals surface area contributed by atoms with Gasteiger partial charge in [-0.15, -0.1) is 0 Å². The number of benzene rings is 1. The van der Waals surface area contributed by atoms with E-state index in [9.17, 15) is 8.42 Å². The molecule has 1 aliphatic heterocycles. The molecule has 0 spiro atoms. The second-order valence-corrected chi connectivity index (χ2v) is 5.75. The van der Waals surface area contributed by atoms with Crippen LogP contribution in [0.1, 0.15) is 23.6 Å². The van der Waals surface area contributed by atoms with Gasteiger partial charge in [0.05, 0.1) is 10.6 Å². The molecule has 0 saturated carbocycles. The number of fused-ring (bicyclic) bond motifs is 1. The molecular weight excluding hydrogens is 198 g/mol. The van der Waals surface area contributed by atoms with Gasteiger partial charge in [0.25, 0.3) is 0 Å². The summed E-state index contributed by atoms with van der Waals surface area (Å²) in [5, 5.41) is 0. The molecule has 0 saturated heterocycles. The van der Waals surface area contributed by atoms with Crippen LogP contribution in [0, 0.1) is 6.92 Å². The molecule has 1 atom stereocenters. The first-order valence-electron chi connectivity index (χ1n) is 4.60. The summed E-state index contributed by atoms with van der Waals surface area (Å²) >= 11 is 0. The topological polar surface area (TPSA) is 60.2 Å². The van der Waals surface area contributed by atoms with E-state index in [-0.39, 0.29) is 11.8 Å². The Balaban J connectivity index is 2.77. The fourth-order valence-electron chi connectivity index (χ4n) is 1.93. The Kier molecular flexibility index (Phi) is 2.12. The van der Waals surface area contributed by atoms with Crippen LogP contribution in [-0.4, -0.2) is 14.2 Å². The maximum atomic E-state index is 11.8. The lowest BCUT2D eigenvalue weighted by Gasteiger charge is -2.23. The Labute approximate surface area is 83.9 Å². The molecule has 0 radical (unpaired) electrons. The summed E-state index contributed by atoms with van der Waals surface area (Å²) < 4.78 is 23.6. The van der Waals surface area contributed by atoms with E-state index < -0.39 is 9.84 Å². The molecule has 0 fully saturated rings. The van der Waals surface area contributed by atoms with Gasteiger partial charge in [0.2, 0.25) is 0 Å². The van der Waals surface area contributed by atoms with Gasteiger partial charge in [-0.2, -0.15) is 0 Å². The van der Waals surface area contributed by atoms with Crippen LogP contribution >= 0.6 is 0 Å². The first kappa shape index (κ1) is 9.68. The van der Waals surface area contributed by atoms with Crippen molar-refractivity contribution in [2.75, 3.05) is 5.75 Å². The lowest BCUT2D eigenvalue weighted by molar-refractivity contribution is 0.567. The molecular formula is C10H13NO2S. The molecule has 0 aromatic heterocycles. The van der Waals surface area contributed by atoms with E-state index in [0.717, 1.165) is 11.1 Å². The van der Waals surface area contributed by atoms with Crippen molar-refractivity contribution in [1.82, 2.24) is 0 Å². The molecule has 2 N–H and O–H groups in total. The van der Waals surface area contributed by atoms with Crippen LogP contribution in [0.15, 0.2) is 23.1 Å². The number of rotatable bonds is 0. The largest absolute Gasteiger partial charge is 0.324 e. The lowest BCUT2D eigenvalue weighted by atomic mass is 10.0. The van der Waals surface area contributed by atoms with Crippen LogP contribution in [0.25, 0.3) is 0 Å². The number of hydrogen-bond acceptors (Lipinski definition) is 3. The Hall–Kier alpha value is -0.870. The molecule has 1 aromatic carbocycles. The summed E-state index contributed by atoms with van der Waals surface area (Å²) in [5.41, 5.74) is 7.45. The molecule has 76 valence electrons. The van der Waals surface area contributed by atoms with Crippen molar-refractivity contribution in [2.45, 2.75) is 24.3 Å². The van der Waals surface area contributed by atoms with Gasteiger partial charge in [0.15, 0.2) is 9.84 Å². The summed E-state index contributed by atoms with van der Waals surface area (Å²) in [7, 11) is -3.09. The van der Waals surface area contributed by atoms with Crippen LogP contribution < -0.4 is 5.73 Å². The van der Waals surface area contributed by atoms with Gasteiger partial charge in [-0.3, -0.25) is 0 Å².